The molecular weight excluding hydrogens is 389 g/mol. The van der Waals surface area contributed by atoms with Crippen LogP contribution in [-0.2, 0) is 15.8 Å². The Kier molecular flexibility index (Phi) is 6.42. The Morgan fingerprint density at radius 2 is 1.59 bits per heavy atom. The van der Waals surface area contributed by atoms with Crippen LogP contribution < -0.4 is 0 Å². The average Bonchev–Trinajstić information content (AvgIpc) is 2.60. The predicted octanol–water partition coefficient (Wildman–Crippen LogP) is 3.38. The molecular formula is C20H23F3N2O4. The van der Waals surface area contributed by atoms with Gasteiger partial charge in [-0.05, 0) is 38.7 Å². The van der Waals surface area contributed by atoms with Crippen LogP contribution in [-0.4, -0.2) is 59.6 Å². The van der Waals surface area contributed by atoms with Crippen LogP contribution in [0.1, 0.15) is 30.4 Å². The number of benzene rings is 1. The van der Waals surface area contributed by atoms with E-state index >= 15 is 0 Å². The normalized spacial score (nSPS) is 17.9. The Balaban J connectivity index is 2.69. The van der Waals surface area contributed by atoms with Crippen molar-refractivity contribution in [1.82, 2.24) is 9.80 Å². The number of carboxylic acid groups (broad SMARTS) is 2. The van der Waals surface area contributed by atoms with E-state index in [0.29, 0.717) is 24.4 Å². The molecule has 0 saturated carbocycles. The Morgan fingerprint density at radius 1 is 1.07 bits per heavy atom. The van der Waals surface area contributed by atoms with E-state index in [1.54, 1.807) is 14.0 Å². The van der Waals surface area contributed by atoms with Crippen molar-refractivity contribution in [2.24, 2.45) is 0 Å². The zero-order valence-electron chi connectivity index (χ0n) is 16.5. The molecule has 1 aromatic rings. The van der Waals surface area contributed by atoms with Crippen LogP contribution in [0.3, 0.4) is 0 Å². The Hall–Kier alpha value is -2.81. The van der Waals surface area contributed by atoms with Gasteiger partial charge < -0.3 is 20.0 Å². The Bertz CT molecular complexity index is 871. The van der Waals surface area contributed by atoms with E-state index in [-0.39, 0.29) is 16.7 Å². The van der Waals surface area contributed by atoms with Gasteiger partial charge in [-0.1, -0.05) is 12.1 Å². The number of rotatable bonds is 6. The van der Waals surface area contributed by atoms with Crippen molar-refractivity contribution in [3.8, 4) is 0 Å². The average molecular weight is 412 g/mol. The summed E-state index contributed by atoms with van der Waals surface area (Å²) in [7, 11) is 5.24. The highest BCUT2D eigenvalue weighted by atomic mass is 19.4. The lowest BCUT2D eigenvalue weighted by Gasteiger charge is -2.36. The van der Waals surface area contributed by atoms with E-state index in [4.69, 9.17) is 0 Å². The van der Waals surface area contributed by atoms with Crippen LogP contribution in [0.5, 0.6) is 0 Å². The molecule has 1 aliphatic heterocycles. The molecule has 2 N–H and O–H groups in total. The van der Waals surface area contributed by atoms with Crippen molar-refractivity contribution in [3.05, 3.63) is 57.9 Å². The highest BCUT2D eigenvalue weighted by molar-refractivity contribution is 5.98. The van der Waals surface area contributed by atoms with Crippen molar-refractivity contribution in [3.63, 3.8) is 0 Å². The van der Waals surface area contributed by atoms with Crippen LogP contribution >= 0.6 is 0 Å². The molecule has 0 bridgehead atoms. The predicted molar refractivity (Wildman–Crippen MR) is 100 cm³/mol. The minimum Gasteiger partial charge on any atom is -0.478 e. The van der Waals surface area contributed by atoms with Crippen LogP contribution in [0, 0.1) is 0 Å². The van der Waals surface area contributed by atoms with Gasteiger partial charge in [-0.25, -0.2) is 9.59 Å². The maximum atomic E-state index is 12.9. The molecule has 29 heavy (non-hydrogen) atoms. The number of aliphatic carboxylic acids is 2. The summed E-state index contributed by atoms with van der Waals surface area (Å²) in [5.41, 5.74) is -0.238. The van der Waals surface area contributed by atoms with E-state index in [1.807, 2.05) is 19.0 Å². The van der Waals surface area contributed by atoms with Gasteiger partial charge in [0.1, 0.15) is 0 Å². The summed E-state index contributed by atoms with van der Waals surface area (Å²) in [6.07, 6.45) is -4.21. The maximum absolute atomic E-state index is 12.9. The van der Waals surface area contributed by atoms with E-state index in [2.05, 4.69) is 0 Å². The summed E-state index contributed by atoms with van der Waals surface area (Å²) in [5, 5.41) is 19.7. The Morgan fingerprint density at radius 3 is 2.00 bits per heavy atom. The van der Waals surface area contributed by atoms with Gasteiger partial charge in [0.05, 0.1) is 22.6 Å². The van der Waals surface area contributed by atoms with Crippen molar-refractivity contribution in [2.45, 2.75) is 25.4 Å². The summed E-state index contributed by atoms with van der Waals surface area (Å²) >= 11 is 0. The molecule has 1 atom stereocenters. The van der Waals surface area contributed by atoms with Crippen LogP contribution in [0.25, 0.3) is 0 Å². The third kappa shape index (κ3) is 4.61. The van der Waals surface area contributed by atoms with Gasteiger partial charge in [0.25, 0.3) is 0 Å². The second-order valence-corrected chi connectivity index (χ2v) is 7.13. The number of alkyl halides is 3. The van der Waals surface area contributed by atoms with Gasteiger partial charge in [-0.2, -0.15) is 13.2 Å². The molecule has 0 fully saturated rings. The molecule has 0 saturated heterocycles. The maximum Gasteiger partial charge on any atom is 0.416 e. The lowest BCUT2D eigenvalue weighted by molar-refractivity contribution is -0.138. The standard InChI is InChI=1S/C20H23F3N2O4/c1-11-15(18(26)27)16(12-5-7-13(8-6-12)20(21,22)23)17(19(28)29)14(25(11)4)9-10-24(2)3/h5-8,16H,9-10H2,1-4H3,(H,26,27)(H,28,29). The molecule has 0 radical (unpaired) electrons. The zero-order valence-corrected chi connectivity index (χ0v) is 16.5. The fraction of sp³-hybridized carbons (Fsp3) is 0.400. The van der Waals surface area contributed by atoms with Crippen LogP contribution in [0.15, 0.2) is 46.8 Å². The second-order valence-electron chi connectivity index (χ2n) is 7.13. The number of carbonyl (C=O) groups is 2. The van der Waals surface area contributed by atoms with E-state index in [0.717, 1.165) is 24.3 Å². The monoisotopic (exact) mass is 412 g/mol. The molecule has 2 rings (SSSR count). The summed E-state index contributed by atoms with van der Waals surface area (Å²) in [5.74, 6) is -3.80. The van der Waals surface area contributed by atoms with Gasteiger partial charge in [0, 0.05) is 31.4 Å². The molecule has 0 spiro atoms. The van der Waals surface area contributed by atoms with Gasteiger partial charge in [-0.3, -0.25) is 0 Å². The lowest BCUT2D eigenvalue weighted by atomic mass is 9.79. The molecule has 6 nitrogen and oxygen atoms in total. The summed E-state index contributed by atoms with van der Waals surface area (Å²) in [6, 6.07) is 3.95. The molecule has 1 aromatic carbocycles. The van der Waals surface area contributed by atoms with Gasteiger partial charge in [-0.15, -0.1) is 0 Å². The fourth-order valence-electron chi connectivity index (χ4n) is 3.44. The lowest BCUT2D eigenvalue weighted by Crippen LogP contribution is -2.34. The largest absolute Gasteiger partial charge is 0.478 e. The summed E-state index contributed by atoms with van der Waals surface area (Å²) < 4.78 is 38.7. The quantitative estimate of drug-likeness (QED) is 0.746. The van der Waals surface area contributed by atoms with E-state index < -0.39 is 29.6 Å². The second kappa shape index (κ2) is 8.28. The molecule has 1 heterocycles. The highest BCUT2D eigenvalue weighted by Gasteiger charge is 2.40. The molecule has 0 aromatic heterocycles. The SMILES string of the molecule is CC1=C(C(=O)O)C(c2ccc(C(F)(F)F)cc2)C(C(=O)O)=C(CCN(C)C)N1C. The van der Waals surface area contributed by atoms with Crippen molar-refractivity contribution >= 4 is 11.9 Å². The molecule has 1 unspecified atom stereocenters. The number of halogens is 3. The van der Waals surface area contributed by atoms with Crippen molar-refractivity contribution in [1.29, 1.82) is 0 Å². The number of carboxylic acids is 2. The first-order valence-corrected chi connectivity index (χ1v) is 8.82. The smallest absolute Gasteiger partial charge is 0.416 e. The van der Waals surface area contributed by atoms with Crippen molar-refractivity contribution < 1.29 is 33.0 Å². The first-order valence-electron chi connectivity index (χ1n) is 8.82. The fourth-order valence-corrected chi connectivity index (χ4v) is 3.44. The van der Waals surface area contributed by atoms with Gasteiger partial charge in [0.2, 0.25) is 0 Å². The van der Waals surface area contributed by atoms with Gasteiger partial charge >= 0.3 is 18.1 Å². The first-order chi connectivity index (χ1) is 13.4. The molecule has 0 amide bonds. The minimum absolute atomic E-state index is 0.142. The third-order valence-corrected chi connectivity index (χ3v) is 5.01. The summed E-state index contributed by atoms with van der Waals surface area (Å²) in [6.45, 7) is 2.08. The Labute approximate surface area is 166 Å². The zero-order chi connectivity index (χ0) is 22.1. The molecule has 0 aliphatic carbocycles. The molecule has 158 valence electrons. The topological polar surface area (TPSA) is 81.1 Å². The van der Waals surface area contributed by atoms with Crippen molar-refractivity contribution in [2.75, 3.05) is 27.7 Å². The molecule has 9 heteroatoms. The molecule has 1 aliphatic rings. The van der Waals surface area contributed by atoms with Crippen LogP contribution in [0.4, 0.5) is 13.2 Å². The summed E-state index contributed by atoms with van der Waals surface area (Å²) in [4.78, 5) is 27.5. The van der Waals surface area contributed by atoms with E-state index in [1.165, 1.54) is 4.90 Å². The number of hydrogen-bond acceptors (Lipinski definition) is 4. The number of allylic oxidation sites excluding steroid dienone is 1. The third-order valence-electron chi connectivity index (χ3n) is 5.01. The van der Waals surface area contributed by atoms with Gasteiger partial charge in [0.15, 0.2) is 0 Å². The van der Waals surface area contributed by atoms with E-state index in [9.17, 15) is 33.0 Å². The highest BCUT2D eigenvalue weighted by Crippen LogP contribution is 2.43. The number of hydrogen-bond donors (Lipinski definition) is 2. The first kappa shape index (κ1) is 22.5. The minimum atomic E-state index is -4.55. The van der Waals surface area contributed by atoms with Crippen LogP contribution in [0.2, 0.25) is 0 Å². The number of nitrogens with zero attached hydrogens (tertiary/aromatic N) is 2.